The van der Waals surface area contributed by atoms with Crippen molar-refractivity contribution in [3.8, 4) is 0 Å². The minimum absolute atomic E-state index is 0.238. The number of rotatable bonds is 6. The van der Waals surface area contributed by atoms with E-state index in [0.717, 1.165) is 51.8 Å². The summed E-state index contributed by atoms with van der Waals surface area (Å²) >= 11 is 1.80. The van der Waals surface area contributed by atoms with E-state index in [9.17, 15) is 0 Å². The average molecular weight is 321 g/mol. The van der Waals surface area contributed by atoms with Crippen LogP contribution >= 0.6 is 11.3 Å². The van der Waals surface area contributed by atoms with Gasteiger partial charge in [0.15, 0.2) is 0 Å². The summed E-state index contributed by atoms with van der Waals surface area (Å²) in [7, 11) is 0. The third kappa shape index (κ3) is 3.40. The molecule has 4 heteroatoms. The smallest absolute Gasteiger partial charge is 0.0677 e. The zero-order chi connectivity index (χ0) is 14.8. The van der Waals surface area contributed by atoms with Crippen LogP contribution in [0.15, 0.2) is 16.8 Å². The number of hydrogen-bond acceptors (Lipinski definition) is 4. The number of nitrogens with zero attached hydrogens (tertiary/aromatic N) is 1. The molecule has 0 bridgehead atoms. The van der Waals surface area contributed by atoms with Gasteiger partial charge in [-0.1, -0.05) is 0 Å². The Hall–Kier alpha value is -0.420. The van der Waals surface area contributed by atoms with Crippen molar-refractivity contribution in [1.82, 2.24) is 4.90 Å². The maximum atomic E-state index is 6.14. The number of ether oxygens (including phenoxy) is 2. The molecule has 0 radical (unpaired) electrons. The van der Waals surface area contributed by atoms with Crippen molar-refractivity contribution < 1.29 is 9.47 Å². The highest BCUT2D eigenvalue weighted by molar-refractivity contribution is 7.07. The van der Waals surface area contributed by atoms with Crippen LogP contribution in [0.1, 0.15) is 37.7 Å². The molecule has 1 saturated carbocycles. The van der Waals surface area contributed by atoms with Crippen LogP contribution in [0.2, 0.25) is 0 Å². The minimum Gasteiger partial charge on any atom is -0.380 e. The molecule has 0 amide bonds. The van der Waals surface area contributed by atoms with E-state index < -0.39 is 0 Å². The average Bonchev–Trinajstić information content (AvgIpc) is 3.22. The molecule has 2 aliphatic heterocycles. The van der Waals surface area contributed by atoms with Crippen molar-refractivity contribution in [2.24, 2.45) is 11.3 Å². The molecule has 2 atom stereocenters. The minimum atomic E-state index is 0.238. The van der Waals surface area contributed by atoms with Crippen molar-refractivity contribution in [2.45, 2.75) is 44.8 Å². The first-order chi connectivity index (χ1) is 10.8. The van der Waals surface area contributed by atoms with Gasteiger partial charge >= 0.3 is 0 Å². The van der Waals surface area contributed by atoms with Gasteiger partial charge in [0, 0.05) is 38.3 Å². The molecule has 3 nitrogen and oxygen atoms in total. The summed E-state index contributed by atoms with van der Waals surface area (Å²) in [6, 6.07) is 2.25. The molecular formula is C18H27NO2S. The van der Waals surface area contributed by atoms with Crippen molar-refractivity contribution in [3.63, 3.8) is 0 Å². The highest BCUT2D eigenvalue weighted by Gasteiger charge is 2.46. The normalized spacial score (nSPS) is 32.8. The molecule has 3 heterocycles. The van der Waals surface area contributed by atoms with E-state index in [1.54, 1.807) is 11.3 Å². The predicted molar refractivity (Wildman–Crippen MR) is 89.2 cm³/mol. The second kappa shape index (κ2) is 6.60. The first-order valence-electron chi connectivity index (χ1n) is 8.77. The summed E-state index contributed by atoms with van der Waals surface area (Å²) < 4.78 is 12.3. The third-order valence-electron chi connectivity index (χ3n) is 5.49. The fourth-order valence-electron chi connectivity index (χ4n) is 4.08. The number of likely N-dealkylation sites (tertiary alicyclic amines) is 1. The molecule has 1 aromatic rings. The summed E-state index contributed by atoms with van der Waals surface area (Å²) in [5, 5.41) is 4.46. The summed E-state index contributed by atoms with van der Waals surface area (Å²) in [6.45, 7) is 6.19. The number of piperidine rings is 1. The summed E-state index contributed by atoms with van der Waals surface area (Å²) in [4.78, 5) is 2.62. The molecule has 0 spiro atoms. The monoisotopic (exact) mass is 321 g/mol. The quantitative estimate of drug-likeness (QED) is 0.800. The topological polar surface area (TPSA) is 21.7 Å². The van der Waals surface area contributed by atoms with E-state index in [1.807, 2.05) is 0 Å². The largest absolute Gasteiger partial charge is 0.380 e. The molecular weight excluding hydrogens is 294 g/mol. The Labute approximate surface area is 137 Å². The van der Waals surface area contributed by atoms with Crippen molar-refractivity contribution in [2.75, 3.05) is 32.9 Å². The van der Waals surface area contributed by atoms with Crippen LogP contribution in [0.3, 0.4) is 0 Å². The van der Waals surface area contributed by atoms with Crippen LogP contribution in [-0.2, 0) is 16.0 Å². The van der Waals surface area contributed by atoms with Crippen molar-refractivity contribution in [1.29, 1.82) is 0 Å². The first-order valence-corrected chi connectivity index (χ1v) is 9.71. The Kier molecular flexibility index (Phi) is 4.54. The van der Waals surface area contributed by atoms with E-state index in [-0.39, 0.29) is 5.41 Å². The van der Waals surface area contributed by atoms with Gasteiger partial charge in [-0.3, -0.25) is 4.90 Å². The first kappa shape index (κ1) is 15.1. The van der Waals surface area contributed by atoms with E-state index in [4.69, 9.17) is 9.47 Å². The fraction of sp³-hybridized carbons (Fsp3) is 0.778. The summed E-state index contributed by atoms with van der Waals surface area (Å²) in [5.41, 5.74) is 1.69. The lowest BCUT2D eigenvalue weighted by molar-refractivity contribution is -0.154. The lowest BCUT2D eigenvalue weighted by atomic mass is 9.73. The SMILES string of the molecule is c1cc(CN2CC[C@@H]3OCCC[C@@]3(COCC3CC3)C2)cs1. The Morgan fingerprint density at radius 2 is 2.32 bits per heavy atom. The second-order valence-corrected chi connectivity index (χ2v) is 8.19. The zero-order valence-corrected chi connectivity index (χ0v) is 14.2. The van der Waals surface area contributed by atoms with Crippen LogP contribution in [0.4, 0.5) is 0 Å². The van der Waals surface area contributed by atoms with Crippen LogP contribution in [0.5, 0.6) is 0 Å². The Morgan fingerprint density at radius 3 is 3.14 bits per heavy atom. The molecule has 1 aromatic heterocycles. The molecule has 4 rings (SSSR count). The van der Waals surface area contributed by atoms with Crippen LogP contribution in [0, 0.1) is 11.3 Å². The lowest BCUT2D eigenvalue weighted by Crippen LogP contribution is -2.56. The Balaban J connectivity index is 1.40. The molecule has 0 aromatic carbocycles. The van der Waals surface area contributed by atoms with Gasteiger partial charge in [-0.15, -0.1) is 0 Å². The Morgan fingerprint density at radius 1 is 1.36 bits per heavy atom. The predicted octanol–water partition coefficient (Wildman–Crippen LogP) is 3.55. The van der Waals surface area contributed by atoms with Crippen molar-refractivity contribution in [3.05, 3.63) is 22.4 Å². The standard InChI is InChI=1S/C18H27NO2S/c1-6-18(14-20-11-15-2-3-15)13-19(7-4-17(18)21-8-1)10-16-5-9-22-12-16/h5,9,12,15,17H,1-4,6-8,10-11,13-14H2/t17-,18-/m0/s1. The van der Waals surface area contributed by atoms with Crippen molar-refractivity contribution >= 4 is 11.3 Å². The van der Waals surface area contributed by atoms with Gasteiger partial charge in [-0.25, -0.2) is 0 Å². The third-order valence-corrected chi connectivity index (χ3v) is 6.23. The van der Waals surface area contributed by atoms with Crippen LogP contribution in [-0.4, -0.2) is 43.9 Å². The molecule has 122 valence electrons. The number of hydrogen-bond donors (Lipinski definition) is 0. The lowest BCUT2D eigenvalue weighted by Gasteiger charge is -2.50. The van der Waals surface area contributed by atoms with Gasteiger partial charge in [0.2, 0.25) is 0 Å². The summed E-state index contributed by atoms with van der Waals surface area (Å²) in [6.07, 6.45) is 6.78. The van der Waals surface area contributed by atoms with Gasteiger partial charge < -0.3 is 9.47 Å². The summed E-state index contributed by atoms with van der Waals surface area (Å²) in [5.74, 6) is 0.852. The molecule has 0 N–H and O–H groups in total. The second-order valence-electron chi connectivity index (χ2n) is 7.41. The molecule has 0 unspecified atom stereocenters. The molecule has 2 saturated heterocycles. The molecule has 3 aliphatic rings. The highest BCUT2D eigenvalue weighted by atomic mass is 32.1. The van der Waals surface area contributed by atoms with Crippen LogP contribution in [0.25, 0.3) is 0 Å². The highest BCUT2D eigenvalue weighted by Crippen LogP contribution is 2.41. The van der Waals surface area contributed by atoms with E-state index in [1.165, 1.54) is 31.2 Å². The van der Waals surface area contributed by atoms with Gasteiger partial charge in [-0.2, -0.15) is 11.3 Å². The molecule has 22 heavy (non-hydrogen) atoms. The Bertz CT molecular complexity index is 473. The number of thiophene rings is 1. The van der Waals surface area contributed by atoms with Gasteiger partial charge in [-0.05, 0) is 60.4 Å². The van der Waals surface area contributed by atoms with Gasteiger partial charge in [0.05, 0.1) is 12.7 Å². The van der Waals surface area contributed by atoms with Crippen LogP contribution < -0.4 is 0 Å². The van der Waals surface area contributed by atoms with E-state index >= 15 is 0 Å². The molecule has 3 fully saturated rings. The maximum absolute atomic E-state index is 6.14. The zero-order valence-electron chi connectivity index (χ0n) is 13.3. The van der Waals surface area contributed by atoms with Gasteiger partial charge in [0.25, 0.3) is 0 Å². The number of fused-ring (bicyclic) bond motifs is 1. The van der Waals surface area contributed by atoms with E-state index in [2.05, 4.69) is 21.7 Å². The van der Waals surface area contributed by atoms with Gasteiger partial charge in [0.1, 0.15) is 0 Å². The maximum Gasteiger partial charge on any atom is 0.0677 e. The fourth-order valence-corrected chi connectivity index (χ4v) is 4.74. The molecule has 1 aliphatic carbocycles. The van der Waals surface area contributed by atoms with E-state index in [0.29, 0.717) is 6.10 Å².